The van der Waals surface area contributed by atoms with E-state index >= 15 is 0 Å². The zero-order valence-electron chi connectivity index (χ0n) is 12.8. The number of halogens is 2. The maximum absolute atomic E-state index is 12.3. The van der Waals surface area contributed by atoms with Crippen molar-refractivity contribution < 1.29 is 14.3 Å². The van der Waals surface area contributed by atoms with Gasteiger partial charge in [0.2, 0.25) is 0 Å². The molecule has 1 unspecified atom stereocenters. The Kier molecular flexibility index (Phi) is 6.14. The summed E-state index contributed by atoms with van der Waals surface area (Å²) in [6.07, 6.45) is 2.76. The van der Waals surface area contributed by atoms with Crippen molar-refractivity contribution in [1.82, 2.24) is 4.98 Å². The lowest BCUT2D eigenvalue weighted by Gasteiger charge is -2.12. The number of aromatic nitrogens is 1. The van der Waals surface area contributed by atoms with E-state index in [-0.39, 0.29) is 28.0 Å². The maximum atomic E-state index is 12.3. The Morgan fingerprint density at radius 1 is 1.21 bits per heavy atom. The molecule has 6 nitrogen and oxygen atoms in total. The third-order valence-corrected chi connectivity index (χ3v) is 3.86. The standard InChI is InChI=1S/C16H15Cl2N3O3/c1-24-14(22)6-13(19)9-2-4-10(5-3-9)21-16(23)15-11(17)7-20-8-12(15)18/h2-5,7-8,13H,6,19H2,1H3,(H,21,23). The number of carbonyl (C=O) groups is 2. The predicted octanol–water partition coefficient (Wildman–Crippen LogP) is 3.20. The van der Waals surface area contributed by atoms with Crippen LogP contribution in [0.1, 0.15) is 28.4 Å². The highest BCUT2D eigenvalue weighted by Gasteiger charge is 2.16. The van der Waals surface area contributed by atoms with Gasteiger partial charge < -0.3 is 15.8 Å². The Morgan fingerprint density at radius 2 is 1.79 bits per heavy atom. The van der Waals surface area contributed by atoms with Gasteiger partial charge in [0.05, 0.1) is 29.1 Å². The lowest BCUT2D eigenvalue weighted by molar-refractivity contribution is -0.141. The van der Waals surface area contributed by atoms with Crippen molar-refractivity contribution in [3.63, 3.8) is 0 Å². The van der Waals surface area contributed by atoms with Crippen molar-refractivity contribution >= 4 is 40.8 Å². The molecule has 1 aromatic heterocycles. The van der Waals surface area contributed by atoms with Gasteiger partial charge in [-0.05, 0) is 17.7 Å². The van der Waals surface area contributed by atoms with Crippen molar-refractivity contribution in [1.29, 1.82) is 0 Å². The number of hydrogen-bond donors (Lipinski definition) is 2. The first kappa shape index (κ1) is 18.2. The van der Waals surface area contributed by atoms with Crippen LogP contribution in [0.5, 0.6) is 0 Å². The fourth-order valence-corrected chi connectivity index (χ4v) is 2.55. The Balaban J connectivity index is 2.09. The quantitative estimate of drug-likeness (QED) is 0.791. The summed E-state index contributed by atoms with van der Waals surface area (Å²) in [6, 6.07) is 6.31. The molecule has 1 amide bonds. The van der Waals surface area contributed by atoms with Gasteiger partial charge in [-0.25, -0.2) is 0 Å². The molecule has 0 aliphatic carbocycles. The number of methoxy groups -OCH3 is 1. The molecule has 8 heteroatoms. The molecular weight excluding hydrogens is 353 g/mol. The minimum atomic E-state index is -0.480. The van der Waals surface area contributed by atoms with Crippen LogP contribution < -0.4 is 11.1 Å². The summed E-state index contributed by atoms with van der Waals surface area (Å²) < 4.78 is 4.58. The average molecular weight is 368 g/mol. The average Bonchev–Trinajstić information content (AvgIpc) is 2.55. The molecule has 0 saturated carbocycles. The van der Waals surface area contributed by atoms with Gasteiger partial charge in [-0.15, -0.1) is 0 Å². The number of ether oxygens (including phenoxy) is 1. The van der Waals surface area contributed by atoms with E-state index < -0.39 is 11.9 Å². The van der Waals surface area contributed by atoms with Crippen LogP contribution >= 0.6 is 23.2 Å². The van der Waals surface area contributed by atoms with Gasteiger partial charge in [-0.1, -0.05) is 35.3 Å². The topological polar surface area (TPSA) is 94.3 Å². The van der Waals surface area contributed by atoms with Crippen LogP contribution in [-0.4, -0.2) is 24.0 Å². The Morgan fingerprint density at radius 3 is 2.33 bits per heavy atom. The van der Waals surface area contributed by atoms with Crippen LogP contribution in [0.15, 0.2) is 36.7 Å². The van der Waals surface area contributed by atoms with Crippen molar-refractivity contribution in [2.75, 3.05) is 12.4 Å². The normalized spacial score (nSPS) is 11.7. The van der Waals surface area contributed by atoms with Crippen molar-refractivity contribution in [3.8, 4) is 0 Å². The van der Waals surface area contributed by atoms with Gasteiger partial charge >= 0.3 is 5.97 Å². The molecule has 0 fully saturated rings. The molecule has 1 atom stereocenters. The van der Waals surface area contributed by atoms with Crippen molar-refractivity contribution in [2.24, 2.45) is 5.73 Å². The van der Waals surface area contributed by atoms with Gasteiger partial charge in [-0.2, -0.15) is 0 Å². The molecule has 2 aromatic rings. The number of rotatable bonds is 5. The molecule has 24 heavy (non-hydrogen) atoms. The number of esters is 1. The Bertz CT molecular complexity index is 730. The van der Waals surface area contributed by atoms with Crippen LogP contribution in [0.25, 0.3) is 0 Å². The third kappa shape index (κ3) is 4.44. The second-order valence-corrected chi connectivity index (χ2v) is 5.76. The van der Waals surface area contributed by atoms with Gasteiger partial charge in [0.1, 0.15) is 0 Å². The highest BCUT2D eigenvalue weighted by Crippen LogP contribution is 2.24. The number of hydrogen-bond acceptors (Lipinski definition) is 5. The van der Waals surface area contributed by atoms with Crippen LogP contribution in [-0.2, 0) is 9.53 Å². The second kappa shape index (κ2) is 8.10. The lowest BCUT2D eigenvalue weighted by atomic mass is 10.0. The van der Waals surface area contributed by atoms with E-state index in [2.05, 4.69) is 15.0 Å². The minimum Gasteiger partial charge on any atom is -0.469 e. The molecule has 2 rings (SSSR count). The Hall–Kier alpha value is -2.15. The smallest absolute Gasteiger partial charge is 0.307 e. The van der Waals surface area contributed by atoms with Crippen LogP contribution in [0, 0.1) is 0 Å². The summed E-state index contributed by atoms with van der Waals surface area (Å²) in [5.74, 6) is -0.833. The predicted molar refractivity (Wildman–Crippen MR) is 92.2 cm³/mol. The van der Waals surface area contributed by atoms with E-state index in [1.807, 2.05) is 0 Å². The number of nitrogens with one attached hydrogen (secondary N) is 1. The zero-order valence-corrected chi connectivity index (χ0v) is 14.3. The molecule has 126 valence electrons. The van der Waals surface area contributed by atoms with E-state index in [1.54, 1.807) is 24.3 Å². The van der Waals surface area contributed by atoms with Gasteiger partial charge in [-0.3, -0.25) is 14.6 Å². The van der Waals surface area contributed by atoms with Crippen LogP contribution in [0.4, 0.5) is 5.69 Å². The van der Waals surface area contributed by atoms with E-state index in [4.69, 9.17) is 28.9 Å². The summed E-state index contributed by atoms with van der Waals surface area (Å²) in [5, 5.41) is 3.02. The van der Waals surface area contributed by atoms with Crippen molar-refractivity contribution in [2.45, 2.75) is 12.5 Å². The van der Waals surface area contributed by atoms with Crippen molar-refractivity contribution in [3.05, 3.63) is 57.8 Å². The monoisotopic (exact) mass is 367 g/mol. The molecular formula is C16H15Cl2N3O3. The number of amides is 1. The summed E-state index contributed by atoms with van der Waals surface area (Å²) in [7, 11) is 1.31. The number of benzene rings is 1. The van der Waals surface area contributed by atoms with E-state index in [1.165, 1.54) is 19.5 Å². The SMILES string of the molecule is COC(=O)CC(N)c1ccc(NC(=O)c2c(Cl)cncc2Cl)cc1. The fraction of sp³-hybridized carbons (Fsp3) is 0.188. The molecule has 0 aliphatic rings. The van der Waals surface area contributed by atoms with Crippen LogP contribution in [0.3, 0.4) is 0 Å². The lowest BCUT2D eigenvalue weighted by Crippen LogP contribution is -2.16. The molecule has 0 saturated heterocycles. The third-order valence-electron chi connectivity index (χ3n) is 3.29. The molecule has 0 spiro atoms. The highest BCUT2D eigenvalue weighted by molar-refractivity contribution is 6.40. The summed E-state index contributed by atoms with van der Waals surface area (Å²) in [4.78, 5) is 27.3. The number of anilines is 1. The fourth-order valence-electron chi connectivity index (χ4n) is 2.02. The molecule has 1 heterocycles. The van der Waals surface area contributed by atoms with Crippen LogP contribution in [0.2, 0.25) is 10.0 Å². The first-order chi connectivity index (χ1) is 11.4. The molecule has 3 N–H and O–H groups in total. The summed E-state index contributed by atoms with van der Waals surface area (Å²) >= 11 is 11.9. The molecule has 0 radical (unpaired) electrons. The first-order valence-corrected chi connectivity index (χ1v) is 7.70. The van der Waals surface area contributed by atoms with E-state index in [0.717, 1.165) is 5.56 Å². The largest absolute Gasteiger partial charge is 0.469 e. The summed E-state index contributed by atoms with van der Waals surface area (Å²) in [5.41, 5.74) is 7.36. The Labute approximate surface area is 148 Å². The zero-order chi connectivity index (χ0) is 17.7. The highest BCUT2D eigenvalue weighted by atomic mass is 35.5. The maximum Gasteiger partial charge on any atom is 0.307 e. The minimum absolute atomic E-state index is 0.0738. The number of nitrogens with zero attached hydrogens (tertiary/aromatic N) is 1. The molecule has 0 bridgehead atoms. The number of pyridine rings is 1. The second-order valence-electron chi connectivity index (χ2n) is 4.94. The van der Waals surface area contributed by atoms with Gasteiger partial charge in [0.15, 0.2) is 0 Å². The first-order valence-electron chi connectivity index (χ1n) is 6.95. The van der Waals surface area contributed by atoms with Gasteiger partial charge in [0.25, 0.3) is 5.91 Å². The molecule has 1 aromatic carbocycles. The van der Waals surface area contributed by atoms with Gasteiger partial charge in [0, 0.05) is 24.1 Å². The summed E-state index contributed by atoms with van der Waals surface area (Å²) in [6.45, 7) is 0. The van der Waals surface area contributed by atoms with E-state index in [0.29, 0.717) is 5.69 Å². The number of carbonyl (C=O) groups excluding carboxylic acids is 2. The molecule has 0 aliphatic heterocycles. The van der Waals surface area contributed by atoms with E-state index in [9.17, 15) is 9.59 Å². The number of nitrogens with two attached hydrogens (primary N) is 1.